The van der Waals surface area contributed by atoms with E-state index in [1.807, 2.05) is 31.2 Å². The van der Waals surface area contributed by atoms with E-state index in [1.54, 1.807) is 0 Å². The van der Waals surface area contributed by atoms with Gasteiger partial charge >= 0.3 is 0 Å². The summed E-state index contributed by atoms with van der Waals surface area (Å²) in [7, 11) is 0. The van der Waals surface area contributed by atoms with E-state index in [2.05, 4.69) is 58.0 Å². The maximum absolute atomic E-state index is 11.1. The van der Waals surface area contributed by atoms with Gasteiger partial charge in [-0.1, -0.05) is 48.5 Å². The molecule has 2 N–H and O–H groups in total. The van der Waals surface area contributed by atoms with Gasteiger partial charge in [0.2, 0.25) is 0 Å². The quantitative estimate of drug-likeness (QED) is 0.263. The van der Waals surface area contributed by atoms with Gasteiger partial charge in [0.15, 0.2) is 0 Å². The molecule has 1 aromatic heterocycles. The van der Waals surface area contributed by atoms with Crippen LogP contribution in [0.2, 0.25) is 0 Å². The maximum Gasteiger partial charge on any atom is 0.119 e. The van der Waals surface area contributed by atoms with Crippen LogP contribution in [0.25, 0.3) is 21.8 Å². The predicted octanol–water partition coefficient (Wildman–Crippen LogP) is 4.46. The van der Waals surface area contributed by atoms with Crippen LogP contribution in [0.4, 0.5) is 0 Å². The van der Waals surface area contributed by atoms with Gasteiger partial charge in [-0.05, 0) is 43.2 Å². The van der Waals surface area contributed by atoms with Crippen molar-refractivity contribution in [3.05, 3.63) is 78.4 Å². The number of hydrogen-bond acceptors (Lipinski definition) is 5. The number of hydrogen-bond donors (Lipinski definition) is 2. The number of para-hydroxylation sites is 2. The number of aromatic nitrogens is 1. The Morgan fingerprint density at radius 1 is 0.886 bits per heavy atom. The van der Waals surface area contributed by atoms with E-state index >= 15 is 0 Å². The monoisotopic (exact) mass is 476 g/mol. The third kappa shape index (κ3) is 6.61. The van der Waals surface area contributed by atoms with Crippen LogP contribution < -0.4 is 4.74 Å². The molecule has 6 heteroatoms. The number of rotatable bonds is 14. The summed E-state index contributed by atoms with van der Waals surface area (Å²) < 4.78 is 13.2. The van der Waals surface area contributed by atoms with E-state index in [4.69, 9.17) is 9.47 Å². The second kappa shape index (κ2) is 12.7. The molecule has 1 atom stereocenters. The first-order chi connectivity index (χ1) is 17.2. The highest BCUT2D eigenvalue weighted by Crippen LogP contribution is 2.29. The topological polar surface area (TPSA) is 67.1 Å². The molecule has 0 saturated carbocycles. The molecular formula is C29H36N2O4. The summed E-state index contributed by atoms with van der Waals surface area (Å²) in [5, 5.41) is 22.9. The summed E-state index contributed by atoms with van der Waals surface area (Å²) in [6.45, 7) is 6.35. The van der Waals surface area contributed by atoms with Gasteiger partial charge in [-0.25, -0.2) is 0 Å². The van der Waals surface area contributed by atoms with Gasteiger partial charge in [-0.2, -0.15) is 0 Å². The van der Waals surface area contributed by atoms with Crippen LogP contribution in [0.15, 0.2) is 72.8 Å². The number of aliphatic hydroxyl groups is 2. The molecule has 35 heavy (non-hydrogen) atoms. The van der Waals surface area contributed by atoms with E-state index in [-0.39, 0.29) is 6.61 Å². The highest BCUT2D eigenvalue weighted by Gasteiger charge is 2.16. The van der Waals surface area contributed by atoms with Gasteiger partial charge in [0.1, 0.15) is 12.4 Å². The Morgan fingerprint density at radius 3 is 2.17 bits per heavy atom. The molecule has 6 nitrogen and oxygen atoms in total. The van der Waals surface area contributed by atoms with Crippen molar-refractivity contribution in [3.8, 4) is 5.75 Å². The average Bonchev–Trinajstić information content (AvgIpc) is 3.20. The van der Waals surface area contributed by atoms with Crippen LogP contribution in [-0.2, 0) is 17.8 Å². The number of ether oxygens (including phenoxy) is 2. The fraction of sp³-hybridized carbons (Fsp3) is 0.379. The Bertz CT molecular complexity index is 1140. The van der Waals surface area contributed by atoms with Crippen molar-refractivity contribution < 1.29 is 19.7 Å². The minimum Gasteiger partial charge on any atom is -0.491 e. The normalized spacial score (nSPS) is 12.6. The highest BCUT2D eigenvalue weighted by molar-refractivity contribution is 6.07. The second-order valence-electron chi connectivity index (χ2n) is 8.80. The molecule has 4 rings (SSSR count). The Hall–Kier alpha value is -2.90. The average molecular weight is 477 g/mol. The zero-order valence-electron chi connectivity index (χ0n) is 20.5. The molecule has 0 bridgehead atoms. The van der Waals surface area contributed by atoms with Gasteiger partial charge in [0.05, 0.1) is 19.3 Å². The van der Waals surface area contributed by atoms with Crippen molar-refractivity contribution in [1.29, 1.82) is 0 Å². The molecule has 4 aromatic rings. The SMILES string of the molecule is CCOCCOc1ccc(CN(CCCO)C[C@H](O)Cn2c3ccccc3c3ccccc32)cc1. The summed E-state index contributed by atoms with van der Waals surface area (Å²) in [6, 6.07) is 24.8. The molecule has 0 saturated heterocycles. The van der Waals surface area contributed by atoms with Crippen LogP contribution in [0.3, 0.4) is 0 Å². The van der Waals surface area contributed by atoms with Gasteiger partial charge in [-0.3, -0.25) is 4.90 Å². The molecule has 0 aliphatic rings. The van der Waals surface area contributed by atoms with E-state index in [0.29, 0.717) is 52.4 Å². The van der Waals surface area contributed by atoms with E-state index < -0.39 is 6.10 Å². The molecule has 0 unspecified atom stereocenters. The minimum atomic E-state index is -0.547. The van der Waals surface area contributed by atoms with Crippen LogP contribution in [0.1, 0.15) is 18.9 Å². The van der Waals surface area contributed by atoms with E-state index in [9.17, 15) is 10.2 Å². The Morgan fingerprint density at radius 2 is 1.54 bits per heavy atom. The molecule has 186 valence electrons. The van der Waals surface area contributed by atoms with Crippen LogP contribution in [-0.4, -0.2) is 65.3 Å². The smallest absolute Gasteiger partial charge is 0.119 e. The third-order valence-corrected chi connectivity index (χ3v) is 6.20. The molecule has 0 aliphatic carbocycles. The van der Waals surface area contributed by atoms with Crippen molar-refractivity contribution in [2.45, 2.75) is 32.5 Å². The van der Waals surface area contributed by atoms with Gasteiger partial charge in [0.25, 0.3) is 0 Å². The van der Waals surface area contributed by atoms with Crippen molar-refractivity contribution in [1.82, 2.24) is 9.47 Å². The largest absolute Gasteiger partial charge is 0.491 e. The molecule has 0 aliphatic heterocycles. The second-order valence-corrected chi connectivity index (χ2v) is 8.80. The van der Waals surface area contributed by atoms with Gasteiger partial charge in [0, 0.05) is 54.7 Å². The first-order valence-electron chi connectivity index (χ1n) is 12.5. The standard InChI is InChI=1S/C29H36N2O4/c1-2-34-18-19-35-25-14-12-23(13-15-25)20-30(16-7-17-32)21-24(33)22-31-28-10-5-3-8-26(28)27-9-4-6-11-29(27)31/h3-6,8-15,24,32-33H,2,7,16-22H2,1H3/t24-/m0/s1. The molecule has 0 spiro atoms. The lowest BCUT2D eigenvalue weighted by Gasteiger charge is -2.26. The summed E-state index contributed by atoms with van der Waals surface area (Å²) >= 11 is 0. The molecule has 0 fully saturated rings. The first-order valence-corrected chi connectivity index (χ1v) is 12.5. The predicted molar refractivity (Wildman–Crippen MR) is 141 cm³/mol. The fourth-order valence-electron chi connectivity index (χ4n) is 4.61. The molecule has 1 heterocycles. The highest BCUT2D eigenvalue weighted by atomic mass is 16.5. The van der Waals surface area contributed by atoms with Crippen molar-refractivity contribution >= 4 is 21.8 Å². The summed E-state index contributed by atoms with van der Waals surface area (Å²) in [6.07, 6.45) is 0.120. The van der Waals surface area contributed by atoms with E-state index in [1.165, 1.54) is 10.8 Å². The van der Waals surface area contributed by atoms with Crippen LogP contribution in [0, 0.1) is 0 Å². The Kier molecular flexibility index (Phi) is 9.15. The fourth-order valence-corrected chi connectivity index (χ4v) is 4.61. The number of aliphatic hydroxyl groups excluding tert-OH is 2. The van der Waals surface area contributed by atoms with Crippen molar-refractivity contribution in [3.63, 3.8) is 0 Å². The molecule has 0 radical (unpaired) electrons. The zero-order valence-corrected chi connectivity index (χ0v) is 20.5. The first kappa shape index (κ1) is 25.2. The summed E-state index contributed by atoms with van der Waals surface area (Å²) in [5.74, 6) is 0.821. The van der Waals surface area contributed by atoms with Crippen LogP contribution in [0.5, 0.6) is 5.75 Å². The molecule has 0 amide bonds. The van der Waals surface area contributed by atoms with Crippen LogP contribution >= 0.6 is 0 Å². The number of nitrogens with zero attached hydrogens (tertiary/aromatic N) is 2. The van der Waals surface area contributed by atoms with E-state index in [0.717, 1.165) is 22.3 Å². The van der Waals surface area contributed by atoms with Gasteiger partial charge < -0.3 is 24.3 Å². The lowest BCUT2D eigenvalue weighted by atomic mass is 10.2. The van der Waals surface area contributed by atoms with Crippen molar-refractivity contribution in [2.75, 3.05) is 39.5 Å². The molecule has 3 aromatic carbocycles. The Balaban J connectivity index is 1.42. The zero-order chi connectivity index (χ0) is 24.5. The summed E-state index contributed by atoms with van der Waals surface area (Å²) in [5.41, 5.74) is 3.41. The minimum absolute atomic E-state index is 0.131. The van der Waals surface area contributed by atoms with Gasteiger partial charge in [-0.15, -0.1) is 0 Å². The number of fused-ring (bicyclic) bond motifs is 3. The summed E-state index contributed by atoms with van der Waals surface area (Å²) in [4.78, 5) is 2.21. The number of benzene rings is 3. The Labute approximate surface area is 207 Å². The molecular weight excluding hydrogens is 440 g/mol. The van der Waals surface area contributed by atoms with Crippen molar-refractivity contribution in [2.24, 2.45) is 0 Å². The lowest BCUT2D eigenvalue weighted by molar-refractivity contribution is 0.0921. The third-order valence-electron chi connectivity index (χ3n) is 6.20. The lowest BCUT2D eigenvalue weighted by Crippen LogP contribution is -2.35. The maximum atomic E-state index is 11.1.